The fourth-order valence-corrected chi connectivity index (χ4v) is 2.52. The second-order valence-corrected chi connectivity index (χ2v) is 5.06. The van der Waals surface area contributed by atoms with Gasteiger partial charge in [0.1, 0.15) is 27.8 Å². The van der Waals surface area contributed by atoms with E-state index >= 15 is 0 Å². The third kappa shape index (κ3) is 2.75. The molecule has 0 fully saturated rings. The first-order valence-corrected chi connectivity index (χ1v) is 6.55. The average molecular weight is 312 g/mol. The minimum absolute atomic E-state index is 0.0645. The number of nitrogens with zero attached hydrogens (tertiary/aromatic N) is 1. The number of aromatic carboxylic acids is 1. The van der Waals surface area contributed by atoms with Crippen LogP contribution in [0.25, 0.3) is 0 Å². The molecule has 2 aromatic rings. The zero-order chi connectivity index (χ0) is 15.7. The van der Waals surface area contributed by atoms with Crippen LogP contribution in [0.15, 0.2) is 12.1 Å². The molecule has 0 saturated heterocycles. The smallest absolute Gasteiger partial charge is 0.340 e. The van der Waals surface area contributed by atoms with Crippen molar-refractivity contribution in [2.75, 3.05) is 5.32 Å². The number of anilines is 1. The number of halogens is 2. The number of carboxylic acid groups (broad SMARTS) is 1. The number of aromatic nitrogens is 1. The van der Waals surface area contributed by atoms with Crippen molar-refractivity contribution in [1.82, 2.24) is 4.37 Å². The van der Waals surface area contributed by atoms with E-state index in [1.165, 1.54) is 19.9 Å². The summed E-state index contributed by atoms with van der Waals surface area (Å²) in [6.45, 7) is 2.86. The SMILES string of the molecule is Cc1ccc(F)c(C(=O)Nc2snc(C)c2C(=O)O)c1F. The first kappa shape index (κ1) is 15.0. The largest absolute Gasteiger partial charge is 0.478 e. The molecule has 110 valence electrons. The summed E-state index contributed by atoms with van der Waals surface area (Å²) in [7, 11) is 0. The van der Waals surface area contributed by atoms with Crippen molar-refractivity contribution in [2.24, 2.45) is 0 Å². The molecule has 0 bridgehead atoms. The average Bonchev–Trinajstić information content (AvgIpc) is 2.75. The molecule has 1 heterocycles. The molecule has 1 amide bonds. The highest BCUT2D eigenvalue weighted by Gasteiger charge is 2.23. The Labute approximate surface area is 122 Å². The van der Waals surface area contributed by atoms with E-state index in [-0.39, 0.29) is 21.8 Å². The molecule has 1 aromatic carbocycles. The maximum Gasteiger partial charge on any atom is 0.340 e. The minimum Gasteiger partial charge on any atom is -0.478 e. The van der Waals surface area contributed by atoms with E-state index in [2.05, 4.69) is 9.69 Å². The second kappa shape index (κ2) is 5.57. The Bertz CT molecular complexity index is 743. The lowest BCUT2D eigenvalue weighted by Crippen LogP contribution is -2.17. The van der Waals surface area contributed by atoms with Gasteiger partial charge >= 0.3 is 5.97 Å². The molecule has 0 aliphatic heterocycles. The van der Waals surface area contributed by atoms with Gasteiger partial charge in [-0.15, -0.1) is 0 Å². The number of nitrogens with one attached hydrogen (secondary N) is 1. The lowest BCUT2D eigenvalue weighted by Gasteiger charge is -2.07. The number of hydrogen-bond acceptors (Lipinski definition) is 4. The van der Waals surface area contributed by atoms with Gasteiger partial charge in [-0.05, 0) is 37.0 Å². The Kier molecular flexibility index (Phi) is 3.99. The molecule has 1 aromatic heterocycles. The number of carboxylic acids is 1. The fourth-order valence-electron chi connectivity index (χ4n) is 1.74. The Morgan fingerprint density at radius 3 is 2.52 bits per heavy atom. The van der Waals surface area contributed by atoms with Crippen LogP contribution >= 0.6 is 11.5 Å². The summed E-state index contributed by atoms with van der Waals surface area (Å²) in [4.78, 5) is 23.1. The Balaban J connectivity index is 2.40. The van der Waals surface area contributed by atoms with Crippen molar-refractivity contribution < 1.29 is 23.5 Å². The number of carbonyl (C=O) groups excluding carboxylic acids is 1. The van der Waals surface area contributed by atoms with E-state index in [0.29, 0.717) is 0 Å². The monoisotopic (exact) mass is 312 g/mol. The van der Waals surface area contributed by atoms with Crippen LogP contribution in [0, 0.1) is 25.5 Å². The second-order valence-electron chi connectivity index (χ2n) is 4.28. The summed E-state index contributed by atoms with van der Waals surface area (Å²) in [6.07, 6.45) is 0. The zero-order valence-corrected chi connectivity index (χ0v) is 11.8. The van der Waals surface area contributed by atoms with Gasteiger partial charge < -0.3 is 10.4 Å². The predicted octanol–water partition coefficient (Wildman–Crippen LogP) is 2.99. The van der Waals surface area contributed by atoms with Gasteiger partial charge in [0.05, 0.1) is 5.69 Å². The summed E-state index contributed by atoms with van der Waals surface area (Å²) in [5.41, 5.74) is -0.618. The standard InChI is InChI=1S/C13H10F2N2O3S/c1-5-3-4-7(14)9(10(5)15)11(18)16-12-8(13(19)20)6(2)17-21-12/h3-4H,1-2H3,(H,16,18)(H,19,20). The summed E-state index contributed by atoms with van der Waals surface area (Å²) in [5, 5.41) is 11.2. The van der Waals surface area contributed by atoms with E-state index in [0.717, 1.165) is 17.6 Å². The number of aryl methyl sites for hydroxylation is 2. The van der Waals surface area contributed by atoms with Gasteiger partial charge in [-0.25, -0.2) is 13.6 Å². The van der Waals surface area contributed by atoms with Crippen LogP contribution < -0.4 is 5.32 Å². The minimum atomic E-state index is -1.28. The van der Waals surface area contributed by atoms with Gasteiger partial charge in [0, 0.05) is 0 Å². The van der Waals surface area contributed by atoms with E-state index in [1.807, 2.05) is 0 Å². The van der Waals surface area contributed by atoms with Gasteiger partial charge in [-0.3, -0.25) is 4.79 Å². The molecule has 0 aliphatic carbocycles. The molecule has 0 saturated carbocycles. The Morgan fingerprint density at radius 2 is 1.90 bits per heavy atom. The number of rotatable bonds is 3. The summed E-state index contributed by atoms with van der Waals surface area (Å²) in [6, 6.07) is 2.18. The number of hydrogen-bond donors (Lipinski definition) is 2. The zero-order valence-electron chi connectivity index (χ0n) is 11.0. The Hall–Kier alpha value is -2.35. The molecule has 2 rings (SSSR count). The van der Waals surface area contributed by atoms with Crippen LogP contribution in [0.1, 0.15) is 32.0 Å². The summed E-state index contributed by atoms with van der Waals surface area (Å²) >= 11 is 0.736. The van der Waals surface area contributed by atoms with Crippen LogP contribution in [0.4, 0.5) is 13.8 Å². The van der Waals surface area contributed by atoms with Crippen molar-refractivity contribution in [1.29, 1.82) is 0 Å². The van der Waals surface area contributed by atoms with Crippen LogP contribution in [0.5, 0.6) is 0 Å². The van der Waals surface area contributed by atoms with Crippen molar-refractivity contribution in [3.05, 3.63) is 46.2 Å². The summed E-state index contributed by atoms with van der Waals surface area (Å²) < 4.78 is 31.3. The van der Waals surface area contributed by atoms with E-state index in [1.54, 1.807) is 0 Å². The van der Waals surface area contributed by atoms with Gasteiger partial charge in [-0.2, -0.15) is 4.37 Å². The highest BCUT2D eigenvalue weighted by atomic mass is 32.1. The molecule has 0 unspecified atom stereocenters. The van der Waals surface area contributed by atoms with E-state index in [9.17, 15) is 18.4 Å². The highest BCUT2D eigenvalue weighted by Crippen LogP contribution is 2.26. The van der Waals surface area contributed by atoms with E-state index < -0.39 is 29.1 Å². The topological polar surface area (TPSA) is 79.3 Å². The van der Waals surface area contributed by atoms with Crippen molar-refractivity contribution >= 4 is 28.4 Å². The molecule has 2 N–H and O–H groups in total. The quantitative estimate of drug-likeness (QED) is 0.913. The van der Waals surface area contributed by atoms with Crippen molar-refractivity contribution in [3.8, 4) is 0 Å². The van der Waals surface area contributed by atoms with Gasteiger partial charge in [0.15, 0.2) is 0 Å². The van der Waals surface area contributed by atoms with Crippen LogP contribution in [-0.2, 0) is 0 Å². The molecular formula is C13H10F2N2O3S. The molecule has 5 nitrogen and oxygen atoms in total. The molecule has 0 spiro atoms. The third-order valence-corrected chi connectivity index (χ3v) is 3.67. The maximum atomic E-state index is 13.9. The molecule has 0 radical (unpaired) electrons. The molecular weight excluding hydrogens is 302 g/mol. The van der Waals surface area contributed by atoms with E-state index in [4.69, 9.17) is 5.11 Å². The summed E-state index contributed by atoms with van der Waals surface area (Å²) in [5.74, 6) is -4.33. The van der Waals surface area contributed by atoms with Crippen LogP contribution in [0.3, 0.4) is 0 Å². The molecule has 21 heavy (non-hydrogen) atoms. The first-order valence-electron chi connectivity index (χ1n) is 5.78. The first-order chi connectivity index (χ1) is 9.82. The predicted molar refractivity (Wildman–Crippen MR) is 72.9 cm³/mol. The maximum absolute atomic E-state index is 13.9. The highest BCUT2D eigenvalue weighted by molar-refractivity contribution is 7.11. The van der Waals surface area contributed by atoms with Crippen LogP contribution in [0.2, 0.25) is 0 Å². The fraction of sp³-hybridized carbons (Fsp3) is 0.154. The molecule has 8 heteroatoms. The molecule has 0 aliphatic rings. The number of benzene rings is 1. The lowest BCUT2D eigenvalue weighted by molar-refractivity contribution is 0.0697. The molecule has 0 atom stereocenters. The number of amides is 1. The third-order valence-electron chi connectivity index (χ3n) is 2.81. The normalized spacial score (nSPS) is 10.5. The Morgan fingerprint density at radius 1 is 1.24 bits per heavy atom. The van der Waals surface area contributed by atoms with Crippen molar-refractivity contribution in [3.63, 3.8) is 0 Å². The van der Waals surface area contributed by atoms with Crippen molar-refractivity contribution in [2.45, 2.75) is 13.8 Å². The number of carbonyl (C=O) groups is 2. The van der Waals surface area contributed by atoms with Gasteiger partial charge in [0.2, 0.25) is 0 Å². The van der Waals surface area contributed by atoms with Gasteiger partial charge in [-0.1, -0.05) is 6.07 Å². The van der Waals surface area contributed by atoms with Gasteiger partial charge in [0.25, 0.3) is 5.91 Å². The van der Waals surface area contributed by atoms with Crippen LogP contribution in [-0.4, -0.2) is 21.4 Å². The lowest BCUT2D eigenvalue weighted by atomic mass is 10.1.